The van der Waals surface area contributed by atoms with Crippen LogP contribution < -0.4 is 14.4 Å². The molecular formula is C20H26N2O5S. The van der Waals surface area contributed by atoms with Gasteiger partial charge in [-0.25, -0.2) is 8.42 Å². The number of nitrogens with zero attached hydrogens (tertiary/aromatic N) is 1. The minimum absolute atomic E-state index is 0.0963. The Morgan fingerprint density at radius 1 is 1.11 bits per heavy atom. The maximum absolute atomic E-state index is 13.3. The van der Waals surface area contributed by atoms with Crippen molar-refractivity contribution in [2.75, 3.05) is 31.2 Å². The Bertz CT molecular complexity index is 871. The highest BCUT2D eigenvalue weighted by Crippen LogP contribution is 2.32. The summed E-state index contributed by atoms with van der Waals surface area (Å²) in [6.45, 7) is 3.91. The standard InChI is InChI=1S/C20H26N2O5S/c1-4-27-19-13-9-8-12-18(19)22(14-20(23)21-16(2)15-26-3)28(24,25)17-10-6-5-7-11-17/h5-13,16H,4,14-15H2,1-3H3,(H,21,23). The molecule has 0 aliphatic carbocycles. The quantitative estimate of drug-likeness (QED) is 0.655. The van der Waals surface area contributed by atoms with Gasteiger partial charge in [-0.3, -0.25) is 9.10 Å². The molecule has 2 aromatic carbocycles. The zero-order chi connectivity index (χ0) is 20.6. The molecule has 2 rings (SSSR count). The number of rotatable bonds is 10. The monoisotopic (exact) mass is 406 g/mol. The number of ether oxygens (including phenoxy) is 2. The van der Waals surface area contributed by atoms with E-state index in [0.717, 1.165) is 4.31 Å². The minimum Gasteiger partial charge on any atom is -0.492 e. The smallest absolute Gasteiger partial charge is 0.264 e. The van der Waals surface area contributed by atoms with Gasteiger partial charge in [-0.15, -0.1) is 0 Å². The average molecular weight is 407 g/mol. The van der Waals surface area contributed by atoms with Crippen molar-refractivity contribution in [3.8, 4) is 5.75 Å². The highest BCUT2D eigenvalue weighted by molar-refractivity contribution is 7.92. The lowest BCUT2D eigenvalue weighted by atomic mass is 10.3. The van der Waals surface area contributed by atoms with E-state index >= 15 is 0 Å². The fourth-order valence-electron chi connectivity index (χ4n) is 2.70. The predicted molar refractivity (Wildman–Crippen MR) is 108 cm³/mol. The second-order valence-corrected chi connectivity index (χ2v) is 8.01. The Labute approximate surface area is 166 Å². The van der Waals surface area contributed by atoms with Crippen LogP contribution >= 0.6 is 0 Å². The Balaban J connectivity index is 2.43. The van der Waals surface area contributed by atoms with E-state index in [-0.39, 0.29) is 17.5 Å². The molecule has 152 valence electrons. The van der Waals surface area contributed by atoms with Gasteiger partial charge in [0.15, 0.2) is 0 Å². The first-order valence-electron chi connectivity index (χ1n) is 8.98. The van der Waals surface area contributed by atoms with Crippen LogP contribution in [0.4, 0.5) is 5.69 Å². The second kappa shape index (κ2) is 10.1. The molecule has 1 unspecified atom stereocenters. The summed E-state index contributed by atoms with van der Waals surface area (Å²) in [5.74, 6) is -0.0439. The molecule has 0 bridgehead atoms. The Kier molecular flexibility index (Phi) is 7.83. The molecule has 2 aromatic rings. The number of nitrogens with one attached hydrogen (secondary N) is 1. The van der Waals surface area contributed by atoms with E-state index in [2.05, 4.69) is 5.32 Å². The highest BCUT2D eigenvalue weighted by atomic mass is 32.2. The fraction of sp³-hybridized carbons (Fsp3) is 0.350. The number of carbonyl (C=O) groups is 1. The van der Waals surface area contributed by atoms with Crippen LogP contribution in [0.2, 0.25) is 0 Å². The van der Waals surface area contributed by atoms with Crippen LogP contribution in [0.1, 0.15) is 13.8 Å². The third kappa shape index (κ3) is 5.46. The molecule has 8 heteroatoms. The Morgan fingerprint density at radius 3 is 2.39 bits per heavy atom. The zero-order valence-corrected chi connectivity index (χ0v) is 17.1. The molecular weight excluding hydrogens is 380 g/mol. The first kappa shape index (κ1) is 21.7. The van der Waals surface area contributed by atoms with Crippen molar-refractivity contribution in [1.82, 2.24) is 5.32 Å². The largest absolute Gasteiger partial charge is 0.492 e. The van der Waals surface area contributed by atoms with Crippen LogP contribution in [0.15, 0.2) is 59.5 Å². The summed E-state index contributed by atoms with van der Waals surface area (Å²) in [5.41, 5.74) is 0.308. The number of carbonyl (C=O) groups excluding carboxylic acids is 1. The molecule has 0 aliphatic rings. The van der Waals surface area contributed by atoms with Gasteiger partial charge in [0.25, 0.3) is 10.0 Å². The van der Waals surface area contributed by atoms with Gasteiger partial charge in [0.1, 0.15) is 12.3 Å². The van der Waals surface area contributed by atoms with Gasteiger partial charge in [0.05, 0.1) is 23.8 Å². The van der Waals surface area contributed by atoms with Gasteiger partial charge in [-0.2, -0.15) is 0 Å². The molecule has 0 fully saturated rings. The Morgan fingerprint density at radius 2 is 1.75 bits per heavy atom. The molecule has 7 nitrogen and oxygen atoms in total. The van der Waals surface area contributed by atoms with Gasteiger partial charge in [-0.1, -0.05) is 30.3 Å². The normalized spacial score (nSPS) is 12.2. The predicted octanol–water partition coefficient (Wildman–Crippen LogP) is 2.43. The van der Waals surface area contributed by atoms with Crippen molar-refractivity contribution in [3.63, 3.8) is 0 Å². The molecule has 0 spiro atoms. The third-order valence-electron chi connectivity index (χ3n) is 3.88. The summed E-state index contributed by atoms with van der Waals surface area (Å²) >= 11 is 0. The summed E-state index contributed by atoms with van der Waals surface area (Å²) in [5, 5.41) is 2.75. The lowest BCUT2D eigenvalue weighted by Gasteiger charge is -2.26. The van der Waals surface area contributed by atoms with Gasteiger partial charge < -0.3 is 14.8 Å². The average Bonchev–Trinajstić information content (AvgIpc) is 2.68. The number of hydrogen-bond acceptors (Lipinski definition) is 5. The van der Waals surface area contributed by atoms with E-state index in [1.165, 1.54) is 19.2 Å². The number of benzene rings is 2. The number of sulfonamides is 1. The number of para-hydroxylation sites is 2. The van der Waals surface area contributed by atoms with Gasteiger partial charge >= 0.3 is 0 Å². The number of anilines is 1. The molecule has 0 aromatic heterocycles. The third-order valence-corrected chi connectivity index (χ3v) is 5.65. The molecule has 0 saturated heterocycles. The molecule has 1 amide bonds. The summed E-state index contributed by atoms with van der Waals surface area (Å²) in [4.78, 5) is 12.6. The van der Waals surface area contributed by atoms with E-state index in [1.54, 1.807) is 49.4 Å². The molecule has 0 heterocycles. The van der Waals surface area contributed by atoms with Crippen molar-refractivity contribution in [1.29, 1.82) is 0 Å². The van der Waals surface area contributed by atoms with Gasteiger partial charge in [0, 0.05) is 13.2 Å². The lowest BCUT2D eigenvalue weighted by Crippen LogP contribution is -2.44. The first-order valence-corrected chi connectivity index (χ1v) is 10.4. The molecule has 1 N–H and O–H groups in total. The summed E-state index contributed by atoms with van der Waals surface area (Å²) in [6, 6.07) is 14.5. The molecule has 0 aliphatic heterocycles. The topological polar surface area (TPSA) is 84.9 Å². The second-order valence-electron chi connectivity index (χ2n) is 6.15. The van der Waals surface area contributed by atoms with E-state index in [1.807, 2.05) is 6.92 Å². The zero-order valence-electron chi connectivity index (χ0n) is 16.3. The number of methoxy groups -OCH3 is 1. The number of amides is 1. The van der Waals surface area contributed by atoms with Crippen molar-refractivity contribution >= 4 is 21.6 Å². The number of hydrogen-bond donors (Lipinski definition) is 1. The maximum atomic E-state index is 13.3. The van der Waals surface area contributed by atoms with Gasteiger partial charge in [-0.05, 0) is 38.1 Å². The minimum atomic E-state index is -3.98. The lowest BCUT2D eigenvalue weighted by molar-refractivity contribution is -0.120. The molecule has 28 heavy (non-hydrogen) atoms. The van der Waals surface area contributed by atoms with E-state index in [9.17, 15) is 13.2 Å². The van der Waals surface area contributed by atoms with Crippen molar-refractivity contribution in [2.24, 2.45) is 0 Å². The van der Waals surface area contributed by atoms with Crippen LogP contribution in [0.25, 0.3) is 0 Å². The van der Waals surface area contributed by atoms with Crippen LogP contribution in [-0.2, 0) is 19.6 Å². The fourth-order valence-corrected chi connectivity index (χ4v) is 4.16. The summed E-state index contributed by atoms with van der Waals surface area (Å²) in [7, 11) is -2.44. The van der Waals surface area contributed by atoms with E-state index < -0.39 is 15.9 Å². The van der Waals surface area contributed by atoms with Crippen LogP contribution in [-0.4, -0.2) is 47.2 Å². The van der Waals surface area contributed by atoms with Gasteiger partial charge in [0.2, 0.25) is 5.91 Å². The SMILES string of the molecule is CCOc1ccccc1N(CC(=O)NC(C)COC)S(=O)(=O)c1ccccc1. The maximum Gasteiger partial charge on any atom is 0.264 e. The first-order chi connectivity index (χ1) is 13.4. The van der Waals surface area contributed by atoms with Crippen LogP contribution in [0.5, 0.6) is 5.75 Å². The van der Waals surface area contributed by atoms with Crippen LogP contribution in [0.3, 0.4) is 0 Å². The molecule has 1 atom stereocenters. The summed E-state index contributed by atoms with van der Waals surface area (Å²) < 4.78 is 38.3. The highest BCUT2D eigenvalue weighted by Gasteiger charge is 2.29. The van der Waals surface area contributed by atoms with Crippen molar-refractivity contribution in [2.45, 2.75) is 24.8 Å². The molecule has 0 saturated carbocycles. The van der Waals surface area contributed by atoms with Crippen LogP contribution in [0, 0.1) is 0 Å². The Hall–Kier alpha value is -2.58. The van der Waals surface area contributed by atoms with Crippen molar-refractivity contribution in [3.05, 3.63) is 54.6 Å². The molecule has 0 radical (unpaired) electrons. The van der Waals surface area contributed by atoms with E-state index in [4.69, 9.17) is 9.47 Å². The summed E-state index contributed by atoms with van der Waals surface area (Å²) in [6.07, 6.45) is 0. The van der Waals surface area contributed by atoms with E-state index in [0.29, 0.717) is 24.7 Å². The van der Waals surface area contributed by atoms with Crippen molar-refractivity contribution < 1.29 is 22.7 Å².